The van der Waals surface area contributed by atoms with Crippen LogP contribution in [0.25, 0.3) is 0 Å². The fourth-order valence-corrected chi connectivity index (χ4v) is 4.54. The van der Waals surface area contributed by atoms with Crippen LogP contribution in [-0.2, 0) is 25.5 Å². The summed E-state index contributed by atoms with van der Waals surface area (Å²) in [4.78, 5) is 36.7. The second-order valence-corrected chi connectivity index (χ2v) is 8.57. The third kappa shape index (κ3) is 5.55. The van der Waals surface area contributed by atoms with Crippen molar-refractivity contribution in [2.24, 2.45) is 5.73 Å². The van der Waals surface area contributed by atoms with Crippen LogP contribution in [0.3, 0.4) is 0 Å². The Hall–Kier alpha value is -2.62. The molecular weight excluding hydrogens is 442 g/mol. The van der Waals surface area contributed by atoms with Crippen molar-refractivity contribution in [2.75, 3.05) is 36.1 Å². The van der Waals surface area contributed by atoms with E-state index in [1.54, 1.807) is 9.80 Å². The maximum Gasteiger partial charge on any atom is 0.414 e. The molecule has 1 aromatic carbocycles. The van der Waals surface area contributed by atoms with Crippen LogP contribution < -0.4 is 15.5 Å². The number of hydrogen-bond donors (Lipinski definition) is 1. The van der Waals surface area contributed by atoms with Gasteiger partial charge in [-0.25, -0.2) is 4.79 Å². The number of thiophene rings is 1. The summed E-state index contributed by atoms with van der Waals surface area (Å²) in [6, 6.07) is 7.65. The summed E-state index contributed by atoms with van der Waals surface area (Å²) < 4.78 is 11.7. The third-order valence-electron chi connectivity index (χ3n) is 5.02. The van der Waals surface area contributed by atoms with Crippen molar-refractivity contribution in [3.8, 4) is 0 Å². The van der Waals surface area contributed by atoms with Crippen LogP contribution in [0.1, 0.15) is 17.5 Å². The molecule has 2 N–H and O–H groups in total. The van der Waals surface area contributed by atoms with Crippen molar-refractivity contribution in [1.29, 1.82) is 0 Å². The number of amides is 3. The second kappa shape index (κ2) is 10.6. The molecular formula is C21H24ClN3O5S. The van der Waals surface area contributed by atoms with Crippen molar-refractivity contribution in [3.05, 3.63) is 45.1 Å². The predicted molar refractivity (Wildman–Crippen MR) is 120 cm³/mol. The normalized spacial score (nSPS) is 18.8. The Morgan fingerprint density at radius 1 is 1.26 bits per heavy atom. The average molecular weight is 466 g/mol. The number of halogens is 1. The highest BCUT2D eigenvalue weighted by Crippen LogP contribution is 2.31. The Kier molecular flexibility index (Phi) is 7.89. The number of benzene rings is 1. The van der Waals surface area contributed by atoms with Crippen molar-refractivity contribution in [2.45, 2.75) is 25.9 Å². The standard InChI is InChI=1S/C20H21ClN2O4S.CH3NO/c1-13-10-15(2-3-17(13)22-6-8-26-7-4-18(22)24)23-12-16(27-20(23)25)11-14-5-9-28-19(14)21;2-1-3/h2-3,5,9-10,16H,4,6-8,11-12H2,1H3;1H,(H2,2,3)/t16-;/m0./s1. The first-order chi connectivity index (χ1) is 14.9. The van der Waals surface area contributed by atoms with E-state index in [1.165, 1.54) is 11.3 Å². The largest absolute Gasteiger partial charge is 0.444 e. The monoisotopic (exact) mass is 465 g/mol. The number of carbonyl (C=O) groups excluding carboxylic acids is 3. The molecule has 0 aliphatic carbocycles. The Morgan fingerprint density at radius 2 is 2.03 bits per heavy atom. The molecule has 31 heavy (non-hydrogen) atoms. The Bertz CT molecular complexity index is 951. The zero-order valence-electron chi connectivity index (χ0n) is 17.1. The molecule has 2 fully saturated rings. The molecule has 0 radical (unpaired) electrons. The molecule has 2 aromatic rings. The van der Waals surface area contributed by atoms with Gasteiger partial charge in [0, 0.05) is 24.3 Å². The van der Waals surface area contributed by atoms with Crippen LogP contribution in [-0.4, -0.2) is 50.8 Å². The van der Waals surface area contributed by atoms with Crippen LogP contribution in [0.4, 0.5) is 16.2 Å². The van der Waals surface area contributed by atoms with Crippen LogP contribution in [0.2, 0.25) is 4.34 Å². The molecule has 10 heteroatoms. The summed E-state index contributed by atoms with van der Waals surface area (Å²) in [6.45, 7) is 3.94. The minimum atomic E-state index is -0.359. The Balaban J connectivity index is 0.000000858. The number of anilines is 2. The quantitative estimate of drug-likeness (QED) is 0.699. The maximum absolute atomic E-state index is 12.4. The number of nitrogens with two attached hydrogens (primary N) is 1. The molecule has 166 valence electrons. The second-order valence-electron chi connectivity index (χ2n) is 7.05. The number of ether oxygens (including phenoxy) is 2. The van der Waals surface area contributed by atoms with Crippen LogP contribution in [0.15, 0.2) is 29.6 Å². The van der Waals surface area contributed by atoms with Gasteiger partial charge in [-0.2, -0.15) is 0 Å². The highest BCUT2D eigenvalue weighted by Gasteiger charge is 2.33. The van der Waals surface area contributed by atoms with Gasteiger partial charge in [0.15, 0.2) is 0 Å². The van der Waals surface area contributed by atoms with Gasteiger partial charge in [-0.05, 0) is 47.7 Å². The minimum Gasteiger partial charge on any atom is -0.444 e. The molecule has 0 saturated carbocycles. The van der Waals surface area contributed by atoms with Gasteiger partial charge in [-0.3, -0.25) is 14.5 Å². The van der Waals surface area contributed by atoms with Crippen LogP contribution in [0.5, 0.6) is 0 Å². The number of cyclic esters (lactones) is 1. The van der Waals surface area contributed by atoms with Crippen molar-refractivity contribution in [3.63, 3.8) is 0 Å². The Labute approximate surface area is 189 Å². The van der Waals surface area contributed by atoms with E-state index >= 15 is 0 Å². The van der Waals surface area contributed by atoms with Gasteiger partial charge >= 0.3 is 6.09 Å². The van der Waals surface area contributed by atoms with Crippen molar-refractivity contribution in [1.82, 2.24) is 0 Å². The first-order valence-electron chi connectivity index (χ1n) is 9.78. The Morgan fingerprint density at radius 3 is 2.71 bits per heavy atom. The van der Waals surface area contributed by atoms with Crippen molar-refractivity contribution >= 4 is 52.7 Å². The van der Waals surface area contributed by atoms with Gasteiger partial charge in [0.1, 0.15) is 6.10 Å². The number of carbonyl (C=O) groups is 3. The molecule has 3 heterocycles. The van der Waals surface area contributed by atoms with Gasteiger partial charge in [-0.15, -0.1) is 11.3 Å². The number of primary amides is 1. The van der Waals surface area contributed by atoms with Crippen LogP contribution in [0, 0.1) is 6.92 Å². The molecule has 0 bridgehead atoms. The highest BCUT2D eigenvalue weighted by molar-refractivity contribution is 7.14. The van der Waals surface area contributed by atoms with Crippen molar-refractivity contribution < 1.29 is 23.9 Å². The van der Waals surface area contributed by atoms with E-state index in [2.05, 4.69) is 5.73 Å². The molecule has 2 saturated heterocycles. The number of aryl methyl sites for hydroxylation is 1. The van der Waals surface area contributed by atoms with Gasteiger partial charge in [0.2, 0.25) is 12.3 Å². The zero-order chi connectivity index (χ0) is 22.4. The SMILES string of the molecule is Cc1cc(N2C[C@H](Cc3ccsc3Cl)OC2=O)ccc1N1CCOCCC1=O.NC=O. The fourth-order valence-electron chi connectivity index (χ4n) is 3.59. The van der Waals surface area contributed by atoms with Gasteiger partial charge < -0.3 is 20.1 Å². The summed E-state index contributed by atoms with van der Waals surface area (Å²) >= 11 is 7.64. The third-order valence-corrected chi connectivity index (χ3v) is 6.27. The van der Waals surface area contributed by atoms with E-state index < -0.39 is 0 Å². The van der Waals surface area contributed by atoms with E-state index in [0.717, 1.165) is 26.8 Å². The summed E-state index contributed by atoms with van der Waals surface area (Å²) in [5.41, 5.74) is 7.72. The van der Waals surface area contributed by atoms with E-state index in [1.807, 2.05) is 36.6 Å². The molecule has 2 aliphatic rings. The highest BCUT2D eigenvalue weighted by atomic mass is 35.5. The molecule has 0 unspecified atom stereocenters. The summed E-state index contributed by atoms with van der Waals surface area (Å²) in [7, 11) is 0. The van der Waals surface area contributed by atoms with Gasteiger partial charge in [0.25, 0.3) is 0 Å². The maximum atomic E-state index is 12.4. The molecule has 4 rings (SSSR count). The van der Waals surface area contributed by atoms with E-state index in [0.29, 0.717) is 39.1 Å². The summed E-state index contributed by atoms with van der Waals surface area (Å²) in [5.74, 6) is 0.0571. The van der Waals surface area contributed by atoms with E-state index in [9.17, 15) is 9.59 Å². The summed E-state index contributed by atoms with van der Waals surface area (Å²) in [5, 5.41) is 1.93. The first-order valence-corrected chi connectivity index (χ1v) is 11.0. The average Bonchev–Trinajstić information content (AvgIpc) is 3.23. The molecule has 2 aliphatic heterocycles. The topological polar surface area (TPSA) is 102 Å². The lowest BCUT2D eigenvalue weighted by molar-refractivity contribution is -0.118. The molecule has 8 nitrogen and oxygen atoms in total. The molecule has 1 atom stereocenters. The number of hydrogen-bond acceptors (Lipinski definition) is 6. The first kappa shape index (κ1) is 23.1. The molecule has 3 amide bonds. The lowest BCUT2D eigenvalue weighted by Crippen LogP contribution is -2.32. The minimum absolute atomic E-state index is 0.0571. The predicted octanol–water partition coefficient (Wildman–Crippen LogP) is 3.13. The summed E-state index contributed by atoms with van der Waals surface area (Å²) in [6.07, 6.45) is 0.641. The number of nitrogens with zero attached hydrogens (tertiary/aromatic N) is 2. The van der Waals surface area contributed by atoms with E-state index in [4.69, 9.17) is 25.9 Å². The zero-order valence-corrected chi connectivity index (χ0v) is 18.7. The van der Waals surface area contributed by atoms with Gasteiger partial charge in [0.05, 0.1) is 30.5 Å². The fraction of sp³-hybridized carbons (Fsp3) is 0.381. The number of rotatable bonds is 4. The molecule has 0 spiro atoms. The van der Waals surface area contributed by atoms with Gasteiger partial charge in [-0.1, -0.05) is 11.6 Å². The van der Waals surface area contributed by atoms with E-state index in [-0.39, 0.29) is 24.5 Å². The molecule has 1 aromatic heterocycles. The lowest BCUT2D eigenvalue weighted by atomic mass is 10.1. The lowest BCUT2D eigenvalue weighted by Gasteiger charge is -2.23. The smallest absolute Gasteiger partial charge is 0.414 e. The van der Waals surface area contributed by atoms with Crippen LogP contribution >= 0.6 is 22.9 Å².